The maximum absolute atomic E-state index is 11.7. The van der Waals surface area contributed by atoms with E-state index in [9.17, 15) is 9.90 Å². The number of hydrogen-bond donors (Lipinski definition) is 1. The van der Waals surface area contributed by atoms with Crippen LogP contribution in [0.25, 0.3) is 11.3 Å². The number of carboxylic acid groups (broad SMARTS) is 1. The van der Waals surface area contributed by atoms with Gasteiger partial charge in [-0.25, -0.2) is 0 Å². The number of carboxylic acids is 1. The highest BCUT2D eigenvalue weighted by Gasteiger charge is 2.44. The zero-order valence-electron chi connectivity index (χ0n) is 15.5. The molecule has 2 fully saturated rings. The summed E-state index contributed by atoms with van der Waals surface area (Å²) in [5.41, 5.74) is 1.96. The first-order valence-corrected chi connectivity index (χ1v) is 9.97. The van der Waals surface area contributed by atoms with Crippen LogP contribution in [0.3, 0.4) is 0 Å². The van der Waals surface area contributed by atoms with E-state index in [0.717, 1.165) is 30.0 Å². The number of likely N-dealkylation sites (tertiary alicyclic amines) is 1. The fourth-order valence-electron chi connectivity index (χ4n) is 4.54. The van der Waals surface area contributed by atoms with Gasteiger partial charge >= 0.3 is 5.97 Å². The third-order valence-corrected chi connectivity index (χ3v) is 6.65. The lowest BCUT2D eigenvalue weighted by Gasteiger charge is -2.50. The van der Waals surface area contributed by atoms with E-state index >= 15 is 0 Å². The molecule has 1 N–H and O–H groups in total. The highest BCUT2D eigenvalue weighted by atomic mass is 35.5. The lowest BCUT2D eigenvalue weighted by molar-refractivity contribution is -0.146. The van der Waals surface area contributed by atoms with Gasteiger partial charge in [-0.2, -0.15) is 0 Å². The fraction of sp³-hybridized carbons (Fsp3) is 0.524. The van der Waals surface area contributed by atoms with E-state index in [2.05, 4.69) is 17.0 Å². The molecule has 1 saturated carbocycles. The lowest BCUT2D eigenvalue weighted by Crippen LogP contribution is -2.49. The van der Waals surface area contributed by atoms with Crippen LogP contribution >= 0.6 is 11.6 Å². The third-order valence-electron chi connectivity index (χ3n) is 6.42. The molecule has 2 aromatic rings. The van der Waals surface area contributed by atoms with E-state index in [0.29, 0.717) is 29.4 Å². The Labute approximate surface area is 164 Å². The second-order valence-electron chi connectivity index (χ2n) is 8.36. The van der Waals surface area contributed by atoms with Gasteiger partial charge in [0.2, 0.25) is 0 Å². The van der Waals surface area contributed by atoms with Crippen LogP contribution in [0.15, 0.2) is 34.9 Å². The number of nitrogens with zero attached hydrogens (tertiary/aromatic N) is 2. The molecule has 2 heterocycles. The Kier molecular flexibility index (Phi) is 4.99. The molecule has 5 nitrogen and oxygen atoms in total. The Morgan fingerprint density at radius 3 is 2.85 bits per heavy atom. The van der Waals surface area contributed by atoms with Crippen LogP contribution in [0.4, 0.5) is 0 Å². The summed E-state index contributed by atoms with van der Waals surface area (Å²) in [6, 6.07) is 9.45. The van der Waals surface area contributed by atoms with Gasteiger partial charge in [0.25, 0.3) is 0 Å². The monoisotopic (exact) mass is 388 g/mol. The van der Waals surface area contributed by atoms with Crippen molar-refractivity contribution in [1.82, 2.24) is 10.1 Å². The van der Waals surface area contributed by atoms with Gasteiger partial charge in [-0.15, -0.1) is 0 Å². The number of hydrogen-bond acceptors (Lipinski definition) is 4. The van der Waals surface area contributed by atoms with Gasteiger partial charge in [0.1, 0.15) is 5.69 Å². The summed E-state index contributed by atoms with van der Waals surface area (Å²) in [4.78, 5) is 13.9. The molecular weight excluding hydrogens is 364 g/mol. The molecule has 144 valence electrons. The number of benzene rings is 1. The topological polar surface area (TPSA) is 66.6 Å². The molecule has 4 rings (SSSR count). The summed E-state index contributed by atoms with van der Waals surface area (Å²) in [6.07, 6.45) is 4.46. The minimum Gasteiger partial charge on any atom is -0.481 e. The first kappa shape index (κ1) is 18.5. The molecule has 2 aliphatic rings. The van der Waals surface area contributed by atoms with Crippen LogP contribution in [0.5, 0.6) is 0 Å². The molecule has 2 atom stereocenters. The van der Waals surface area contributed by atoms with Crippen molar-refractivity contribution in [3.05, 3.63) is 41.1 Å². The third kappa shape index (κ3) is 3.90. The average Bonchev–Trinajstić information content (AvgIpc) is 3.08. The molecule has 6 heteroatoms. The number of aliphatic carboxylic acids is 1. The van der Waals surface area contributed by atoms with Crippen molar-refractivity contribution in [2.24, 2.45) is 17.3 Å². The Morgan fingerprint density at radius 1 is 1.37 bits per heavy atom. The van der Waals surface area contributed by atoms with E-state index in [1.54, 1.807) is 0 Å². The SMILES string of the molecule is CC1(C2CC(C(=O)O)CN(Cc3cc(-c4cccc(Cl)c4)no3)C2)CCC1. The van der Waals surface area contributed by atoms with E-state index in [-0.39, 0.29) is 5.92 Å². The van der Waals surface area contributed by atoms with Crippen LogP contribution in [0.1, 0.15) is 38.4 Å². The Morgan fingerprint density at radius 2 is 2.19 bits per heavy atom. The predicted molar refractivity (Wildman–Crippen MR) is 103 cm³/mol. The second kappa shape index (κ2) is 7.28. The molecule has 0 spiro atoms. The van der Waals surface area contributed by atoms with Crippen LogP contribution in [0.2, 0.25) is 5.02 Å². The minimum atomic E-state index is -0.690. The number of halogens is 1. The molecule has 0 amide bonds. The lowest BCUT2D eigenvalue weighted by atomic mass is 9.59. The van der Waals surface area contributed by atoms with Crippen molar-refractivity contribution in [1.29, 1.82) is 0 Å². The maximum atomic E-state index is 11.7. The molecule has 0 radical (unpaired) electrons. The Hall–Kier alpha value is -1.85. The number of carbonyl (C=O) groups is 1. The van der Waals surface area contributed by atoms with E-state index in [1.807, 2.05) is 30.3 Å². The van der Waals surface area contributed by atoms with E-state index < -0.39 is 5.97 Å². The van der Waals surface area contributed by atoms with Gasteiger partial charge in [0, 0.05) is 29.7 Å². The van der Waals surface area contributed by atoms with E-state index in [1.165, 1.54) is 19.3 Å². The van der Waals surface area contributed by atoms with Gasteiger partial charge < -0.3 is 9.63 Å². The molecular formula is C21H25ClN2O3. The molecule has 1 aliphatic heterocycles. The summed E-state index contributed by atoms with van der Waals surface area (Å²) >= 11 is 6.06. The van der Waals surface area contributed by atoms with Crippen LogP contribution in [0, 0.1) is 17.3 Å². The van der Waals surface area contributed by atoms with E-state index in [4.69, 9.17) is 16.1 Å². The van der Waals surface area contributed by atoms with Gasteiger partial charge in [-0.1, -0.05) is 42.2 Å². The first-order chi connectivity index (χ1) is 12.9. The van der Waals surface area contributed by atoms with Gasteiger partial charge in [-0.3, -0.25) is 9.69 Å². The zero-order chi connectivity index (χ0) is 19.0. The molecule has 1 aromatic heterocycles. The van der Waals surface area contributed by atoms with Crippen molar-refractivity contribution in [2.45, 2.75) is 39.2 Å². The average molecular weight is 389 g/mol. The number of piperidine rings is 1. The normalized spacial score (nSPS) is 25.1. The largest absolute Gasteiger partial charge is 0.481 e. The predicted octanol–water partition coefficient (Wildman–Crippen LogP) is 4.71. The van der Waals surface area contributed by atoms with Crippen LogP contribution in [-0.2, 0) is 11.3 Å². The molecule has 0 bridgehead atoms. The quantitative estimate of drug-likeness (QED) is 0.803. The molecule has 2 unspecified atom stereocenters. The van der Waals surface area contributed by atoms with Gasteiger partial charge in [0.15, 0.2) is 5.76 Å². The van der Waals surface area contributed by atoms with Crippen LogP contribution < -0.4 is 0 Å². The number of aromatic nitrogens is 1. The second-order valence-corrected chi connectivity index (χ2v) is 8.79. The fourth-order valence-corrected chi connectivity index (χ4v) is 4.73. The van der Waals surface area contributed by atoms with Gasteiger partial charge in [-0.05, 0) is 42.7 Å². The van der Waals surface area contributed by atoms with Crippen molar-refractivity contribution in [3.63, 3.8) is 0 Å². The summed E-state index contributed by atoms with van der Waals surface area (Å²) in [7, 11) is 0. The summed E-state index contributed by atoms with van der Waals surface area (Å²) in [6.45, 7) is 4.39. The van der Waals surface area contributed by atoms with Crippen molar-refractivity contribution in [2.75, 3.05) is 13.1 Å². The Balaban J connectivity index is 1.48. The molecule has 1 aromatic carbocycles. The standard InChI is InChI=1S/C21H25ClN2O3/c1-21(6-3-7-21)16-8-15(20(25)26)11-24(12-16)13-18-10-19(23-27-18)14-4-2-5-17(22)9-14/h2,4-5,9-10,15-16H,3,6-8,11-13H2,1H3,(H,25,26). The first-order valence-electron chi connectivity index (χ1n) is 9.60. The Bertz CT molecular complexity index is 830. The number of rotatable bonds is 5. The molecule has 27 heavy (non-hydrogen) atoms. The minimum absolute atomic E-state index is 0.291. The molecule has 1 saturated heterocycles. The van der Waals surface area contributed by atoms with Crippen molar-refractivity contribution >= 4 is 17.6 Å². The van der Waals surface area contributed by atoms with Crippen molar-refractivity contribution in [3.8, 4) is 11.3 Å². The maximum Gasteiger partial charge on any atom is 0.307 e. The smallest absolute Gasteiger partial charge is 0.307 e. The van der Waals surface area contributed by atoms with Crippen LogP contribution in [-0.4, -0.2) is 34.2 Å². The van der Waals surface area contributed by atoms with Crippen molar-refractivity contribution < 1.29 is 14.4 Å². The van der Waals surface area contributed by atoms with Gasteiger partial charge in [0.05, 0.1) is 12.5 Å². The summed E-state index contributed by atoms with van der Waals surface area (Å²) in [5.74, 6) is 0.186. The zero-order valence-corrected chi connectivity index (χ0v) is 16.3. The molecule has 1 aliphatic carbocycles. The summed E-state index contributed by atoms with van der Waals surface area (Å²) < 4.78 is 5.54. The highest BCUT2D eigenvalue weighted by Crippen LogP contribution is 2.50. The highest BCUT2D eigenvalue weighted by molar-refractivity contribution is 6.30. The summed E-state index contributed by atoms with van der Waals surface area (Å²) in [5, 5.41) is 14.4.